The Hall–Kier alpha value is -2.32. The van der Waals surface area contributed by atoms with Gasteiger partial charge in [-0.2, -0.15) is 0 Å². The van der Waals surface area contributed by atoms with Crippen LogP contribution in [0.25, 0.3) is 0 Å². The first kappa shape index (κ1) is 20.4. The van der Waals surface area contributed by atoms with Crippen molar-refractivity contribution in [3.63, 3.8) is 0 Å². The average Bonchev–Trinajstić information content (AvgIpc) is 2.83. The van der Waals surface area contributed by atoms with Crippen molar-refractivity contribution in [3.8, 4) is 0 Å². The zero-order valence-electron chi connectivity index (χ0n) is 15.7. The highest BCUT2D eigenvalue weighted by atomic mass is 32.2. The van der Waals surface area contributed by atoms with Gasteiger partial charge in [0.2, 0.25) is 11.8 Å². The van der Waals surface area contributed by atoms with Crippen molar-refractivity contribution in [3.05, 3.63) is 48.0 Å². The quantitative estimate of drug-likeness (QED) is 0.774. The van der Waals surface area contributed by atoms with E-state index in [4.69, 9.17) is 0 Å². The highest BCUT2D eigenvalue weighted by Gasteiger charge is 2.27. The Balaban J connectivity index is 1.76. The summed E-state index contributed by atoms with van der Waals surface area (Å²) in [5.41, 5.74) is 2.08. The summed E-state index contributed by atoms with van der Waals surface area (Å²) >= 11 is 1.51. The van der Waals surface area contributed by atoms with E-state index in [2.05, 4.69) is 10.6 Å². The van der Waals surface area contributed by atoms with E-state index in [0.717, 1.165) is 10.5 Å². The van der Waals surface area contributed by atoms with E-state index in [1.807, 2.05) is 25.1 Å². The van der Waals surface area contributed by atoms with Gasteiger partial charge >= 0.3 is 0 Å². The molecule has 0 radical (unpaired) electrons. The number of hydrogen-bond acceptors (Lipinski definition) is 5. The minimum Gasteiger partial charge on any atom is -0.326 e. The summed E-state index contributed by atoms with van der Waals surface area (Å²) in [6.45, 7) is 3.39. The summed E-state index contributed by atoms with van der Waals surface area (Å²) in [6.07, 6.45) is 0.228. The molecular formula is C20H22N2O4S2. The molecule has 148 valence electrons. The van der Waals surface area contributed by atoms with E-state index < -0.39 is 15.1 Å². The molecule has 1 aliphatic heterocycles. The third-order valence-electron chi connectivity index (χ3n) is 4.56. The van der Waals surface area contributed by atoms with Crippen LogP contribution in [0.5, 0.6) is 0 Å². The van der Waals surface area contributed by atoms with Gasteiger partial charge in [0.05, 0.1) is 15.8 Å². The number of amides is 2. The van der Waals surface area contributed by atoms with Crippen LogP contribution in [0.4, 0.5) is 11.4 Å². The first-order valence-corrected chi connectivity index (χ1v) is 11.5. The normalized spacial score (nSPS) is 15.1. The summed E-state index contributed by atoms with van der Waals surface area (Å²) in [5, 5.41) is 4.62. The van der Waals surface area contributed by atoms with E-state index >= 15 is 0 Å². The Kier molecular flexibility index (Phi) is 6.10. The Bertz CT molecular complexity index is 1020. The highest BCUT2D eigenvalue weighted by molar-refractivity contribution is 7.99. The number of fused-ring (bicyclic) bond motifs is 1. The molecule has 0 aromatic heterocycles. The van der Waals surface area contributed by atoms with Gasteiger partial charge in [0.1, 0.15) is 0 Å². The van der Waals surface area contributed by atoms with Crippen molar-refractivity contribution < 1.29 is 18.0 Å². The van der Waals surface area contributed by atoms with Crippen LogP contribution in [0.1, 0.15) is 25.3 Å². The molecular weight excluding hydrogens is 396 g/mol. The van der Waals surface area contributed by atoms with Crippen molar-refractivity contribution in [2.45, 2.75) is 41.7 Å². The Labute approximate surface area is 169 Å². The molecule has 2 aromatic rings. The SMILES string of the molecule is Cc1ccccc1NC(=O)C[C@@H](C)S(=O)(=O)c1ccc2c(c1)NC(=O)CCS2. The molecule has 1 aliphatic rings. The van der Waals surface area contributed by atoms with Gasteiger partial charge in [-0.05, 0) is 43.7 Å². The van der Waals surface area contributed by atoms with Crippen molar-refractivity contribution >= 4 is 44.8 Å². The van der Waals surface area contributed by atoms with E-state index in [1.165, 1.54) is 30.8 Å². The van der Waals surface area contributed by atoms with Crippen LogP contribution in [-0.4, -0.2) is 31.2 Å². The van der Waals surface area contributed by atoms with Gasteiger partial charge in [0, 0.05) is 29.2 Å². The predicted octanol–water partition coefficient (Wildman–Crippen LogP) is 3.62. The zero-order valence-corrected chi connectivity index (χ0v) is 17.3. The van der Waals surface area contributed by atoms with Crippen LogP contribution in [-0.2, 0) is 19.4 Å². The number of nitrogens with one attached hydrogen (secondary N) is 2. The number of thioether (sulfide) groups is 1. The molecule has 1 heterocycles. The number of rotatable bonds is 5. The largest absolute Gasteiger partial charge is 0.326 e. The average molecular weight is 419 g/mol. The smallest absolute Gasteiger partial charge is 0.225 e. The second kappa shape index (κ2) is 8.36. The van der Waals surface area contributed by atoms with Crippen LogP contribution in [0.15, 0.2) is 52.3 Å². The number of aryl methyl sites for hydroxylation is 1. The first-order chi connectivity index (χ1) is 13.3. The lowest BCUT2D eigenvalue weighted by molar-refractivity contribution is -0.116. The molecule has 0 spiro atoms. The summed E-state index contributed by atoms with van der Waals surface area (Å²) < 4.78 is 25.9. The molecule has 2 amide bonds. The van der Waals surface area contributed by atoms with Crippen LogP contribution in [0.3, 0.4) is 0 Å². The van der Waals surface area contributed by atoms with Gasteiger partial charge in [-0.25, -0.2) is 8.42 Å². The van der Waals surface area contributed by atoms with E-state index in [9.17, 15) is 18.0 Å². The fraction of sp³-hybridized carbons (Fsp3) is 0.300. The Morgan fingerprint density at radius 1 is 1.25 bits per heavy atom. The fourth-order valence-corrected chi connectivity index (χ4v) is 5.21. The molecule has 0 bridgehead atoms. The van der Waals surface area contributed by atoms with Gasteiger partial charge in [-0.3, -0.25) is 9.59 Å². The Morgan fingerprint density at radius 3 is 2.75 bits per heavy atom. The topological polar surface area (TPSA) is 92.3 Å². The van der Waals surface area contributed by atoms with Crippen molar-refractivity contribution in [1.82, 2.24) is 0 Å². The molecule has 2 N–H and O–H groups in total. The predicted molar refractivity (Wildman–Crippen MR) is 111 cm³/mol. The fourth-order valence-electron chi connectivity index (χ4n) is 2.89. The van der Waals surface area contributed by atoms with Gasteiger partial charge in [-0.15, -0.1) is 11.8 Å². The molecule has 2 aromatic carbocycles. The maximum absolute atomic E-state index is 12.9. The lowest BCUT2D eigenvalue weighted by Crippen LogP contribution is -2.25. The number of hydrogen-bond donors (Lipinski definition) is 2. The zero-order chi connectivity index (χ0) is 20.3. The maximum atomic E-state index is 12.9. The number of carbonyl (C=O) groups excluding carboxylic acids is 2. The monoisotopic (exact) mass is 418 g/mol. The minimum atomic E-state index is -3.72. The number of benzene rings is 2. The van der Waals surface area contributed by atoms with Gasteiger partial charge in [0.15, 0.2) is 9.84 Å². The van der Waals surface area contributed by atoms with E-state index in [-0.39, 0.29) is 23.1 Å². The molecule has 0 saturated carbocycles. The molecule has 0 unspecified atom stereocenters. The van der Waals surface area contributed by atoms with E-state index in [0.29, 0.717) is 23.5 Å². The molecule has 28 heavy (non-hydrogen) atoms. The standard InChI is InChI=1S/C20H22N2O4S2/c1-13-5-3-4-6-16(13)21-20(24)11-14(2)28(25,26)15-7-8-18-17(12-15)22-19(23)9-10-27-18/h3-8,12,14H,9-11H2,1-2H3,(H,21,24)(H,22,23)/t14-/m1/s1. The number of carbonyl (C=O) groups is 2. The third-order valence-corrected chi connectivity index (χ3v) is 7.77. The summed E-state index contributed by atoms with van der Waals surface area (Å²) in [4.78, 5) is 25.0. The Morgan fingerprint density at radius 2 is 2.00 bits per heavy atom. The molecule has 3 rings (SSSR count). The van der Waals surface area contributed by atoms with Crippen molar-refractivity contribution in [1.29, 1.82) is 0 Å². The number of anilines is 2. The number of para-hydroxylation sites is 1. The van der Waals surface area contributed by atoms with Gasteiger partial charge in [0.25, 0.3) is 0 Å². The number of sulfone groups is 1. The molecule has 0 aliphatic carbocycles. The van der Waals surface area contributed by atoms with Gasteiger partial charge in [-0.1, -0.05) is 18.2 Å². The lowest BCUT2D eigenvalue weighted by Gasteiger charge is -2.15. The molecule has 6 nitrogen and oxygen atoms in total. The van der Waals surface area contributed by atoms with Crippen molar-refractivity contribution in [2.24, 2.45) is 0 Å². The van der Waals surface area contributed by atoms with E-state index in [1.54, 1.807) is 12.1 Å². The molecule has 8 heteroatoms. The molecule has 1 atom stereocenters. The third kappa shape index (κ3) is 4.56. The summed E-state index contributed by atoms with van der Waals surface area (Å²) in [5.74, 6) is 0.163. The maximum Gasteiger partial charge on any atom is 0.225 e. The van der Waals surface area contributed by atoms with Crippen LogP contribution < -0.4 is 10.6 Å². The second-order valence-electron chi connectivity index (χ2n) is 6.73. The summed E-state index contributed by atoms with van der Waals surface area (Å²) in [7, 11) is -3.72. The molecule has 0 saturated heterocycles. The van der Waals surface area contributed by atoms with Crippen LogP contribution in [0, 0.1) is 6.92 Å². The van der Waals surface area contributed by atoms with Gasteiger partial charge < -0.3 is 10.6 Å². The summed E-state index contributed by atoms with van der Waals surface area (Å²) in [6, 6.07) is 12.1. The molecule has 0 fully saturated rings. The van der Waals surface area contributed by atoms with Crippen molar-refractivity contribution in [2.75, 3.05) is 16.4 Å². The first-order valence-electron chi connectivity index (χ1n) is 8.93. The highest BCUT2D eigenvalue weighted by Crippen LogP contribution is 2.33. The van der Waals surface area contributed by atoms with Crippen LogP contribution in [0.2, 0.25) is 0 Å². The second-order valence-corrected chi connectivity index (χ2v) is 10.2. The van der Waals surface area contributed by atoms with Crippen LogP contribution >= 0.6 is 11.8 Å². The lowest BCUT2D eigenvalue weighted by atomic mass is 10.2. The minimum absolute atomic E-state index is 0.102.